The summed E-state index contributed by atoms with van der Waals surface area (Å²) in [4.78, 5) is 25.1. The number of carbonyl (C=O) groups is 2. The molecule has 0 saturated carbocycles. The van der Waals surface area contributed by atoms with E-state index in [-0.39, 0.29) is 18.9 Å². The van der Waals surface area contributed by atoms with Gasteiger partial charge in [-0.1, -0.05) is 43.7 Å². The molecule has 0 aromatic carbocycles. The first-order chi connectivity index (χ1) is 12.6. The monoisotopic (exact) mass is 380 g/mol. The smallest absolute Gasteiger partial charge is 0.316 e. The third-order valence-electron chi connectivity index (χ3n) is 4.81. The molecule has 0 bridgehead atoms. The highest BCUT2D eigenvalue weighted by Crippen LogP contribution is 2.26. The highest BCUT2D eigenvalue weighted by Gasteiger charge is 2.42. The second kappa shape index (κ2) is 9.97. The van der Waals surface area contributed by atoms with Gasteiger partial charge < -0.3 is 20.1 Å². The van der Waals surface area contributed by atoms with E-state index in [1.54, 1.807) is 19.9 Å². The van der Waals surface area contributed by atoms with Crippen LogP contribution in [0.25, 0.3) is 0 Å². The summed E-state index contributed by atoms with van der Waals surface area (Å²) >= 11 is 0. The first-order valence-electron chi connectivity index (χ1n) is 9.32. The van der Waals surface area contributed by atoms with E-state index in [2.05, 4.69) is 6.58 Å². The van der Waals surface area contributed by atoms with Crippen molar-refractivity contribution in [2.75, 3.05) is 13.2 Å². The van der Waals surface area contributed by atoms with Crippen molar-refractivity contribution in [3.63, 3.8) is 0 Å². The summed E-state index contributed by atoms with van der Waals surface area (Å²) in [6, 6.07) is 0. The Morgan fingerprint density at radius 1 is 1.30 bits per heavy atom. The van der Waals surface area contributed by atoms with Crippen LogP contribution < -0.4 is 0 Å². The molecule has 0 spiro atoms. The lowest BCUT2D eigenvalue weighted by atomic mass is 9.84. The summed E-state index contributed by atoms with van der Waals surface area (Å²) in [5.74, 6) is -2.74. The molecule has 27 heavy (non-hydrogen) atoms. The minimum atomic E-state index is -2.04. The van der Waals surface area contributed by atoms with Crippen molar-refractivity contribution in [2.24, 2.45) is 11.8 Å². The number of Topliss-reactive ketones (excluding diaryl/α,β-unsaturated/α-hetero) is 1. The van der Waals surface area contributed by atoms with Gasteiger partial charge in [-0.05, 0) is 38.2 Å². The maximum Gasteiger partial charge on any atom is 0.316 e. The summed E-state index contributed by atoms with van der Waals surface area (Å²) in [5, 5.41) is 30.0. The van der Waals surface area contributed by atoms with Crippen LogP contribution in [0.2, 0.25) is 0 Å². The second-order valence-electron chi connectivity index (χ2n) is 7.52. The van der Waals surface area contributed by atoms with Crippen molar-refractivity contribution >= 4 is 11.8 Å². The van der Waals surface area contributed by atoms with E-state index >= 15 is 0 Å². The second-order valence-corrected chi connectivity index (χ2v) is 7.52. The van der Waals surface area contributed by atoms with Gasteiger partial charge in [0.05, 0.1) is 13.2 Å². The van der Waals surface area contributed by atoms with E-state index in [4.69, 9.17) is 4.74 Å². The van der Waals surface area contributed by atoms with Crippen molar-refractivity contribution in [3.8, 4) is 0 Å². The van der Waals surface area contributed by atoms with Crippen molar-refractivity contribution in [1.29, 1.82) is 0 Å². The summed E-state index contributed by atoms with van der Waals surface area (Å²) in [6.07, 6.45) is 3.93. The Labute approximate surface area is 161 Å². The number of aliphatic hydroxyl groups excluding tert-OH is 2. The van der Waals surface area contributed by atoms with E-state index in [1.807, 2.05) is 13.0 Å². The molecule has 0 radical (unpaired) electrons. The average molecular weight is 380 g/mol. The van der Waals surface area contributed by atoms with Crippen LogP contribution in [0.15, 0.2) is 35.5 Å². The summed E-state index contributed by atoms with van der Waals surface area (Å²) in [5.41, 5.74) is -0.0192. The molecule has 0 amide bonds. The van der Waals surface area contributed by atoms with Crippen LogP contribution in [-0.4, -0.2) is 52.0 Å². The maximum atomic E-state index is 12.7. The number of aliphatic hydroxyl groups is 3. The van der Waals surface area contributed by atoms with Crippen LogP contribution in [0, 0.1) is 11.8 Å². The van der Waals surface area contributed by atoms with Gasteiger partial charge in [-0.3, -0.25) is 9.59 Å². The largest absolute Gasteiger partial charge is 0.457 e. The highest BCUT2D eigenvalue weighted by molar-refractivity contribution is 6.03. The molecule has 3 N–H and O–H groups in total. The number of cyclic esters (lactones) is 1. The molecule has 0 saturated heterocycles. The van der Waals surface area contributed by atoms with E-state index in [0.717, 1.165) is 11.1 Å². The van der Waals surface area contributed by atoms with Gasteiger partial charge in [0.1, 0.15) is 12.0 Å². The Hall–Kier alpha value is -1.76. The molecule has 1 aliphatic rings. The number of ether oxygens (including phenoxy) is 1. The summed E-state index contributed by atoms with van der Waals surface area (Å²) in [6.45, 7) is 9.84. The molecular weight excluding hydrogens is 348 g/mol. The SMILES string of the molecule is C=C1C=C(CO)C(CC)OC(=O)C(C)C(=O)C(O)(CO)CC(C)=CC(C)C1. The molecule has 6 nitrogen and oxygen atoms in total. The summed E-state index contributed by atoms with van der Waals surface area (Å²) in [7, 11) is 0. The molecule has 1 heterocycles. The van der Waals surface area contributed by atoms with E-state index < -0.39 is 36.0 Å². The van der Waals surface area contributed by atoms with Crippen LogP contribution in [0.3, 0.4) is 0 Å². The summed E-state index contributed by atoms with van der Waals surface area (Å²) < 4.78 is 5.43. The van der Waals surface area contributed by atoms with Crippen LogP contribution in [0.4, 0.5) is 0 Å². The van der Waals surface area contributed by atoms with Crippen LogP contribution in [0.1, 0.15) is 47.0 Å². The lowest BCUT2D eigenvalue weighted by molar-refractivity contribution is -0.162. The van der Waals surface area contributed by atoms with Crippen molar-refractivity contribution in [1.82, 2.24) is 0 Å². The fourth-order valence-electron chi connectivity index (χ4n) is 3.43. The number of allylic oxidation sites excluding steroid dienone is 3. The van der Waals surface area contributed by atoms with E-state index in [0.29, 0.717) is 18.4 Å². The van der Waals surface area contributed by atoms with Crippen molar-refractivity contribution < 1.29 is 29.6 Å². The third kappa shape index (κ3) is 6.13. The Bertz CT molecular complexity index is 633. The minimum Gasteiger partial charge on any atom is -0.457 e. The number of hydrogen-bond donors (Lipinski definition) is 3. The minimum absolute atomic E-state index is 0.0638. The first-order valence-corrected chi connectivity index (χ1v) is 9.32. The van der Waals surface area contributed by atoms with Gasteiger partial charge in [-0.15, -0.1) is 0 Å². The predicted molar refractivity (Wildman–Crippen MR) is 103 cm³/mol. The molecule has 4 unspecified atom stereocenters. The molecule has 1 aliphatic heterocycles. The number of ketones is 1. The van der Waals surface area contributed by atoms with Gasteiger partial charge in [0, 0.05) is 6.42 Å². The highest BCUT2D eigenvalue weighted by atomic mass is 16.5. The normalized spacial score (nSPS) is 31.7. The van der Waals surface area contributed by atoms with Gasteiger partial charge in [-0.2, -0.15) is 0 Å². The zero-order valence-corrected chi connectivity index (χ0v) is 16.7. The Balaban J connectivity index is 3.37. The Kier molecular flexibility index (Phi) is 8.59. The number of hydrogen-bond acceptors (Lipinski definition) is 6. The molecule has 152 valence electrons. The zero-order chi connectivity index (χ0) is 20.8. The standard InChI is InChI=1S/C21H32O6/c1-6-18-17(11-22)9-14(3)7-13(2)8-15(4)10-21(26,12-23)19(24)16(5)20(25)27-18/h8-9,13,16,18,22-23,26H,3,6-7,10-12H2,1-2,4-5H3. The number of esters is 1. The van der Waals surface area contributed by atoms with Crippen LogP contribution in [-0.2, 0) is 14.3 Å². The molecule has 0 aromatic heterocycles. The fourth-order valence-corrected chi connectivity index (χ4v) is 3.43. The van der Waals surface area contributed by atoms with Crippen LogP contribution in [0.5, 0.6) is 0 Å². The van der Waals surface area contributed by atoms with Crippen LogP contribution >= 0.6 is 0 Å². The fraction of sp³-hybridized carbons (Fsp3) is 0.619. The van der Waals surface area contributed by atoms with Crippen molar-refractivity contribution in [3.05, 3.63) is 35.5 Å². The quantitative estimate of drug-likeness (QED) is 0.393. The molecule has 0 fully saturated rings. The van der Waals surface area contributed by atoms with Gasteiger partial charge in [-0.25, -0.2) is 0 Å². The lowest BCUT2D eigenvalue weighted by Crippen LogP contribution is -2.48. The van der Waals surface area contributed by atoms with Gasteiger partial charge >= 0.3 is 5.97 Å². The van der Waals surface area contributed by atoms with Gasteiger partial charge in [0.15, 0.2) is 11.4 Å². The molecule has 4 atom stereocenters. The van der Waals surface area contributed by atoms with E-state index in [1.165, 1.54) is 6.92 Å². The first kappa shape index (κ1) is 23.3. The molecule has 6 heteroatoms. The van der Waals surface area contributed by atoms with Gasteiger partial charge in [0.25, 0.3) is 0 Å². The zero-order valence-electron chi connectivity index (χ0n) is 16.7. The molecule has 0 aliphatic carbocycles. The average Bonchev–Trinajstić information content (AvgIpc) is 2.61. The Morgan fingerprint density at radius 2 is 1.93 bits per heavy atom. The number of rotatable bonds is 3. The molecular formula is C21H32O6. The van der Waals surface area contributed by atoms with Crippen molar-refractivity contribution in [2.45, 2.75) is 58.7 Å². The lowest BCUT2D eigenvalue weighted by Gasteiger charge is -2.29. The maximum absolute atomic E-state index is 12.7. The third-order valence-corrected chi connectivity index (χ3v) is 4.81. The predicted octanol–water partition coefficient (Wildman–Crippen LogP) is 2.09. The topological polar surface area (TPSA) is 104 Å². The number of carbonyl (C=O) groups excluding carboxylic acids is 2. The molecule has 0 aromatic rings. The Morgan fingerprint density at radius 3 is 2.44 bits per heavy atom. The van der Waals surface area contributed by atoms with Gasteiger partial charge in [0.2, 0.25) is 0 Å². The van der Waals surface area contributed by atoms with E-state index in [9.17, 15) is 24.9 Å². The molecule has 1 rings (SSSR count).